The zero-order valence-electron chi connectivity index (χ0n) is 20.8. The molecule has 1 saturated carbocycles. The number of aromatic nitrogens is 2. The Hall–Kier alpha value is -2.51. The van der Waals surface area contributed by atoms with Crippen LogP contribution in [0.4, 0.5) is 5.82 Å². The van der Waals surface area contributed by atoms with Crippen LogP contribution in [0.5, 0.6) is 0 Å². The summed E-state index contributed by atoms with van der Waals surface area (Å²) >= 11 is 0. The number of benzene rings is 1. The number of hydrogen-bond donors (Lipinski definition) is 1. The van der Waals surface area contributed by atoms with Crippen LogP contribution in [0.15, 0.2) is 30.5 Å². The third-order valence-corrected chi connectivity index (χ3v) is 7.60. The highest BCUT2D eigenvalue weighted by Crippen LogP contribution is 2.26. The van der Waals surface area contributed by atoms with Gasteiger partial charge in [-0.15, -0.1) is 0 Å². The Kier molecular flexibility index (Phi) is 6.84. The van der Waals surface area contributed by atoms with Gasteiger partial charge in [0.2, 0.25) is 0 Å². The Labute approximate surface area is 203 Å². The van der Waals surface area contributed by atoms with E-state index in [1.54, 1.807) is 6.20 Å². The summed E-state index contributed by atoms with van der Waals surface area (Å²) in [6, 6.07) is 10.4. The molecule has 7 nitrogen and oxygen atoms in total. The molecular formula is C27H38N6O. The van der Waals surface area contributed by atoms with Gasteiger partial charge in [-0.3, -0.25) is 14.6 Å². The van der Waals surface area contributed by atoms with Gasteiger partial charge < -0.3 is 10.2 Å². The van der Waals surface area contributed by atoms with E-state index in [0.717, 1.165) is 50.5 Å². The number of carbonyl (C=O) groups is 1. The van der Waals surface area contributed by atoms with Gasteiger partial charge in [-0.2, -0.15) is 0 Å². The number of nitrogens with zero attached hydrogens (tertiary/aromatic N) is 5. The van der Waals surface area contributed by atoms with Crippen molar-refractivity contribution < 1.29 is 4.79 Å². The molecule has 1 N–H and O–H groups in total. The highest BCUT2D eigenvalue weighted by molar-refractivity contribution is 5.92. The number of carbonyl (C=O) groups excluding carboxylic acids is 1. The molecule has 1 aromatic heterocycles. The molecular weight excluding hydrogens is 424 g/mol. The first-order valence-electron chi connectivity index (χ1n) is 12.9. The maximum atomic E-state index is 12.3. The van der Waals surface area contributed by atoms with Crippen LogP contribution in [0.1, 0.15) is 59.9 Å². The van der Waals surface area contributed by atoms with Gasteiger partial charge in [0.1, 0.15) is 11.5 Å². The number of nitrogens with one attached hydrogen (secondary N) is 1. The van der Waals surface area contributed by atoms with Crippen LogP contribution < -0.4 is 10.2 Å². The summed E-state index contributed by atoms with van der Waals surface area (Å²) in [6.45, 7) is 12.8. The Morgan fingerprint density at radius 2 is 1.76 bits per heavy atom. The van der Waals surface area contributed by atoms with Crippen LogP contribution in [0, 0.1) is 13.8 Å². The monoisotopic (exact) mass is 462 g/mol. The van der Waals surface area contributed by atoms with E-state index < -0.39 is 0 Å². The van der Waals surface area contributed by atoms with Gasteiger partial charge in [-0.05, 0) is 65.1 Å². The first-order valence-corrected chi connectivity index (χ1v) is 12.9. The quantitative estimate of drug-likeness (QED) is 0.712. The van der Waals surface area contributed by atoms with E-state index in [1.165, 1.54) is 37.1 Å². The van der Waals surface area contributed by atoms with Crippen molar-refractivity contribution >= 4 is 11.7 Å². The van der Waals surface area contributed by atoms with Gasteiger partial charge in [-0.25, -0.2) is 9.97 Å². The molecule has 2 aliphatic heterocycles. The average molecular weight is 463 g/mol. The first kappa shape index (κ1) is 23.2. The number of piperazine rings is 1. The zero-order chi connectivity index (χ0) is 23.7. The topological polar surface area (TPSA) is 64.6 Å². The molecule has 2 saturated heterocycles. The van der Waals surface area contributed by atoms with Crippen LogP contribution in [0.2, 0.25) is 0 Å². The average Bonchev–Trinajstić information content (AvgIpc) is 3.65. The van der Waals surface area contributed by atoms with Crippen molar-refractivity contribution in [1.82, 2.24) is 25.1 Å². The van der Waals surface area contributed by atoms with E-state index >= 15 is 0 Å². The van der Waals surface area contributed by atoms with Crippen LogP contribution in [-0.4, -0.2) is 76.5 Å². The fourth-order valence-electron chi connectivity index (χ4n) is 5.45. The van der Waals surface area contributed by atoms with Crippen molar-refractivity contribution in [2.75, 3.05) is 37.6 Å². The SMILES string of the molecule is Cc1ccc(CN2CCC(N3CCN(c4ncc(C(=O)NC5CC5)nc4C)C[C@@H]3C)CC2)cc1. The number of piperidine rings is 1. The lowest BCUT2D eigenvalue weighted by Crippen LogP contribution is -2.57. The van der Waals surface area contributed by atoms with Gasteiger partial charge in [-0.1, -0.05) is 29.8 Å². The van der Waals surface area contributed by atoms with E-state index in [-0.39, 0.29) is 5.91 Å². The molecule has 1 aliphatic carbocycles. The van der Waals surface area contributed by atoms with Crippen molar-refractivity contribution in [2.45, 2.75) is 71.1 Å². The second-order valence-electron chi connectivity index (χ2n) is 10.4. The van der Waals surface area contributed by atoms with Crippen molar-refractivity contribution in [3.05, 3.63) is 53.0 Å². The summed E-state index contributed by atoms with van der Waals surface area (Å²) in [5.74, 6) is 0.818. The molecule has 182 valence electrons. The molecule has 3 aliphatic rings. The predicted molar refractivity (Wildman–Crippen MR) is 135 cm³/mol. The Balaban J connectivity index is 1.13. The molecule has 2 aromatic rings. The number of amides is 1. The molecule has 0 unspecified atom stereocenters. The van der Waals surface area contributed by atoms with Crippen LogP contribution in [0.25, 0.3) is 0 Å². The molecule has 3 fully saturated rings. The maximum Gasteiger partial charge on any atom is 0.271 e. The lowest BCUT2D eigenvalue weighted by atomic mass is 9.99. The predicted octanol–water partition coefficient (Wildman–Crippen LogP) is 3.16. The molecule has 5 rings (SSSR count). The van der Waals surface area contributed by atoms with E-state index in [2.05, 4.69) is 68.1 Å². The second kappa shape index (κ2) is 10.0. The highest BCUT2D eigenvalue weighted by atomic mass is 16.2. The minimum Gasteiger partial charge on any atom is -0.352 e. The number of hydrogen-bond acceptors (Lipinski definition) is 6. The standard InChI is InChI=1S/C27H38N6O/c1-19-4-6-22(7-5-19)18-31-12-10-24(11-13-31)33-15-14-32(17-20(33)2)26-21(3)29-25(16-28-26)27(34)30-23-8-9-23/h4-7,16,20,23-24H,8-15,17-18H2,1-3H3,(H,30,34)/t20-/m0/s1. The van der Waals surface area contributed by atoms with Crippen molar-refractivity contribution in [1.29, 1.82) is 0 Å². The fraction of sp³-hybridized carbons (Fsp3) is 0.593. The normalized spacial score (nSPS) is 22.7. The smallest absolute Gasteiger partial charge is 0.271 e. The molecule has 1 aromatic carbocycles. The summed E-state index contributed by atoms with van der Waals surface area (Å²) < 4.78 is 0. The Morgan fingerprint density at radius 3 is 2.41 bits per heavy atom. The summed E-state index contributed by atoms with van der Waals surface area (Å²) in [4.78, 5) is 29.2. The molecule has 34 heavy (non-hydrogen) atoms. The number of anilines is 1. The van der Waals surface area contributed by atoms with Crippen LogP contribution in [-0.2, 0) is 6.54 Å². The number of likely N-dealkylation sites (tertiary alicyclic amines) is 1. The fourth-order valence-corrected chi connectivity index (χ4v) is 5.45. The Morgan fingerprint density at radius 1 is 1.03 bits per heavy atom. The Bertz CT molecular complexity index is 997. The van der Waals surface area contributed by atoms with Gasteiger partial charge in [0.25, 0.3) is 5.91 Å². The van der Waals surface area contributed by atoms with Gasteiger partial charge >= 0.3 is 0 Å². The van der Waals surface area contributed by atoms with E-state index in [0.29, 0.717) is 23.8 Å². The van der Waals surface area contributed by atoms with Gasteiger partial charge in [0.15, 0.2) is 0 Å². The molecule has 1 amide bonds. The molecule has 0 bridgehead atoms. The van der Waals surface area contributed by atoms with Gasteiger partial charge in [0.05, 0.1) is 11.9 Å². The van der Waals surface area contributed by atoms with E-state index in [4.69, 9.17) is 0 Å². The summed E-state index contributed by atoms with van der Waals surface area (Å²) in [7, 11) is 0. The molecule has 3 heterocycles. The zero-order valence-corrected chi connectivity index (χ0v) is 20.8. The third kappa shape index (κ3) is 5.41. The van der Waals surface area contributed by atoms with Crippen molar-refractivity contribution in [3.63, 3.8) is 0 Å². The lowest BCUT2D eigenvalue weighted by molar-refractivity contribution is 0.0690. The van der Waals surface area contributed by atoms with Crippen LogP contribution in [0.3, 0.4) is 0 Å². The van der Waals surface area contributed by atoms with Crippen molar-refractivity contribution in [2.24, 2.45) is 0 Å². The third-order valence-electron chi connectivity index (χ3n) is 7.60. The van der Waals surface area contributed by atoms with E-state index in [9.17, 15) is 4.79 Å². The minimum atomic E-state index is -0.100. The first-order chi connectivity index (χ1) is 16.5. The number of aryl methyl sites for hydroxylation is 2. The molecule has 0 spiro atoms. The maximum absolute atomic E-state index is 12.3. The number of rotatable bonds is 6. The molecule has 0 radical (unpaired) electrons. The largest absolute Gasteiger partial charge is 0.352 e. The lowest BCUT2D eigenvalue weighted by Gasteiger charge is -2.47. The van der Waals surface area contributed by atoms with Crippen LogP contribution >= 0.6 is 0 Å². The highest BCUT2D eigenvalue weighted by Gasteiger charge is 2.33. The molecule has 1 atom stereocenters. The summed E-state index contributed by atoms with van der Waals surface area (Å²) in [5, 5.41) is 3.00. The van der Waals surface area contributed by atoms with Gasteiger partial charge in [0, 0.05) is 44.3 Å². The second-order valence-corrected chi connectivity index (χ2v) is 10.4. The summed E-state index contributed by atoms with van der Waals surface area (Å²) in [5.41, 5.74) is 4.01. The van der Waals surface area contributed by atoms with Crippen molar-refractivity contribution in [3.8, 4) is 0 Å². The molecule has 7 heteroatoms. The van der Waals surface area contributed by atoms with E-state index in [1.807, 2.05) is 6.92 Å². The summed E-state index contributed by atoms with van der Waals surface area (Å²) in [6.07, 6.45) is 6.26. The minimum absolute atomic E-state index is 0.100.